The van der Waals surface area contributed by atoms with Gasteiger partial charge in [-0.1, -0.05) is 24.3 Å². The molecule has 0 atom stereocenters. The molecule has 3 heteroatoms. The molecule has 3 nitrogen and oxygen atoms in total. The maximum absolute atomic E-state index is 4.66. The van der Waals surface area contributed by atoms with E-state index in [2.05, 4.69) is 66.0 Å². The lowest BCUT2D eigenvalue weighted by Gasteiger charge is -2.19. The van der Waals surface area contributed by atoms with E-state index < -0.39 is 0 Å². The smallest absolute Gasteiger partial charge is 0.131 e. The zero-order valence-corrected chi connectivity index (χ0v) is 13.4. The zero-order valence-electron chi connectivity index (χ0n) is 13.4. The van der Waals surface area contributed by atoms with Gasteiger partial charge in [-0.3, -0.25) is 0 Å². The lowest BCUT2D eigenvalue weighted by Crippen LogP contribution is -2.20. The fourth-order valence-corrected chi connectivity index (χ4v) is 2.88. The third-order valence-corrected chi connectivity index (χ3v) is 4.15. The molecule has 1 aromatic heterocycles. The van der Waals surface area contributed by atoms with Gasteiger partial charge in [-0.15, -0.1) is 0 Å². The average molecular weight is 293 g/mol. The molecule has 1 aromatic carbocycles. The van der Waals surface area contributed by atoms with Crippen molar-refractivity contribution in [2.24, 2.45) is 0 Å². The van der Waals surface area contributed by atoms with Crippen molar-refractivity contribution in [3.8, 4) is 0 Å². The van der Waals surface area contributed by atoms with Gasteiger partial charge in [-0.05, 0) is 50.5 Å². The molecule has 0 spiro atoms. The van der Waals surface area contributed by atoms with Crippen molar-refractivity contribution < 1.29 is 0 Å². The number of aromatic nitrogens is 1. The van der Waals surface area contributed by atoms with E-state index in [1.165, 1.54) is 24.0 Å². The van der Waals surface area contributed by atoms with Crippen LogP contribution < -0.4 is 10.2 Å². The summed E-state index contributed by atoms with van der Waals surface area (Å²) in [5.41, 5.74) is 5.44. The third-order valence-electron chi connectivity index (χ3n) is 4.15. The number of rotatable bonds is 4. The summed E-state index contributed by atoms with van der Waals surface area (Å²) < 4.78 is 0. The first kappa shape index (κ1) is 14.6. The molecule has 2 heterocycles. The molecule has 0 unspecified atom stereocenters. The van der Waals surface area contributed by atoms with Crippen LogP contribution in [0.2, 0.25) is 0 Å². The highest BCUT2D eigenvalue weighted by Gasteiger charge is 2.16. The number of anilines is 2. The Hall–Kier alpha value is -2.29. The van der Waals surface area contributed by atoms with Gasteiger partial charge in [0.15, 0.2) is 0 Å². The molecular formula is C19H23N3. The summed E-state index contributed by atoms with van der Waals surface area (Å²) in [6.45, 7) is 10.6. The van der Waals surface area contributed by atoms with Crippen molar-refractivity contribution in [3.63, 3.8) is 0 Å². The van der Waals surface area contributed by atoms with Crippen LogP contribution in [0.25, 0.3) is 5.70 Å². The molecule has 1 fully saturated rings. The molecule has 2 aromatic rings. The molecule has 0 radical (unpaired) electrons. The average Bonchev–Trinajstić information content (AvgIpc) is 3.03. The Balaban J connectivity index is 1.75. The number of hydrogen-bond donors (Lipinski definition) is 1. The van der Waals surface area contributed by atoms with Crippen molar-refractivity contribution in [3.05, 3.63) is 59.8 Å². The van der Waals surface area contributed by atoms with Crippen molar-refractivity contribution >= 4 is 17.2 Å². The van der Waals surface area contributed by atoms with Crippen LogP contribution in [0.5, 0.6) is 0 Å². The predicted octanol–water partition coefficient (Wildman–Crippen LogP) is 4.38. The summed E-state index contributed by atoms with van der Waals surface area (Å²) in [5.74, 6) is 1.12. The van der Waals surface area contributed by atoms with Crippen molar-refractivity contribution in [1.29, 1.82) is 0 Å². The quantitative estimate of drug-likeness (QED) is 0.906. The lowest BCUT2D eigenvalue weighted by molar-refractivity contribution is 0.927. The van der Waals surface area contributed by atoms with Crippen LogP contribution in [0, 0.1) is 13.8 Å². The summed E-state index contributed by atoms with van der Waals surface area (Å²) in [6.07, 6.45) is 4.46. The molecule has 1 saturated heterocycles. The van der Waals surface area contributed by atoms with Crippen LogP contribution in [0.3, 0.4) is 0 Å². The minimum Gasteiger partial charge on any atom is -0.356 e. The molecule has 1 N–H and O–H groups in total. The Bertz CT molecular complexity index is 668. The maximum atomic E-state index is 4.66. The number of pyridine rings is 1. The Morgan fingerprint density at radius 2 is 1.82 bits per heavy atom. The van der Waals surface area contributed by atoms with Crippen LogP contribution in [-0.2, 0) is 0 Å². The number of aryl methyl sites for hydroxylation is 2. The van der Waals surface area contributed by atoms with Gasteiger partial charge in [0.1, 0.15) is 5.82 Å². The molecule has 0 bridgehead atoms. The van der Waals surface area contributed by atoms with E-state index in [9.17, 15) is 0 Å². The number of nitrogens with one attached hydrogen (secondary N) is 1. The van der Waals surface area contributed by atoms with E-state index in [-0.39, 0.29) is 0 Å². The maximum Gasteiger partial charge on any atom is 0.131 e. The van der Waals surface area contributed by atoms with E-state index in [0.717, 1.165) is 35.9 Å². The van der Waals surface area contributed by atoms with Crippen molar-refractivity contribution in [2.75, 3.05) is 23.3 Å². The van der Waals surface area contributed by atoms with Gasteiger partial charge in [0.05, 0.1) is 0 Å². The van der Waals surface area contributed by atoms with E-state index in [4.69, 9.17) is 0 Å². The largest absolute Gasteiger partial charge is 0.356 e. The first-order valence-electron chi connectivity index (χ1n) is 7.88. The lowest BCUT2D eigenvalue weighted by atomic mass is 10.1. The van der Waals surface area contributed by atoms with Crippen molar-refractivity contribution in [1.82, 2.24) is 4.98 Å². The van der Waals surface area contributed by atoms with Crippen LogP contribution in [0.15, 0.2) is 43.1 Å². The fourth-order valence-electron chi connectivity index (χ4n) is 2.88. The molecular weight excluding hydrogens is 270 g/mol. The van der Waals surface area contributed by atoms with Gasteiger partial charge in [-0.2, -0.15) is 0 Å². The summed E-state index contributed by atoms with van der Waals surface area (Å²) in [6, 6.07) is 10.5. The SMILES string of the molecule is C=C(Nc1ccc(C)cc1)c1cnc(N2CCCC2)c(C)c1. The van der Waals surface area contributed by atoms with Crippen molar-refractivity contribution in [2.45, 2.75) is 26.7 Å². The topological polar surface area (TPSA) is 28.2 Å². The van der Waals surface area contributed by atoms with E-state index in [1.54, 1.807) is 0 Å². The Morgan fingerprint density at radius 1 is 1.14 bits per heavy atom. The standard InChI is InChI=1S/C19H23N3/c1-14-6-8-18(9-7-14)21-16(3)17-12-15(2)19(20-13-17)22-10-4-5-11-22/h6-9,12-13,21H,3-5,10-11H2,1-2H3. The molecule has 3 rings (SSSR count). The van der Waals surface area contributed by atoms with Gasteiger partial charge in [0, 0.05) is 36.2 Å². The first-order valence-corrected chi connectivity index (χ1v) is 7.88. The van der Waals surface area contributed by atoms with Crippen LogP contribution in [-0.4, -0.2) is 18.1 Å². The second-order valence-electron chi connectivity index (χ2n) is 6.03. The minimum absolute atomic E-state index is 0.882. The molecule has 1 aliphatic rings. The molecule has 0 aliphatic carbocycles. The number of hydrogen-bond acceptors (Lipinski definition) is 3. The summed E-state index contributed by atoms with van der Waals surface area (Å²) in [7, 11) is 0. The van der Waals surface area contributed by atoms with Gasteiger partial charge >= 0.3 is 0 Å². The molecule has 1 aliphatic heterocycles. The molecule has 0 amide bonds. The fraction of sp³-hybridized carbons (Fsp3) is 0.316. The predicted molar refractivity (Wildman–Crippen MR) is 94.3 cm³/mol. The summed E-state index contributed by atoms with van der Waals surface area (Å²) in [4.78, 5) is 7.03. The normalized spacial score (nSPS) is 14.2. The van der Waals surface area contributed by atoms with E-state index >= 15 is 0 Å². The molecule has 114 valence electrons. The second-order valence-corrected chi connectivity index (χ2v) is 6.03. The van der Waals surface area contributed by atoms with Gasteiger partial charge in [0.25, 0.3) is 0 Å². The summed E-state index contributed by atoms with van der Waals surface area (Å²) in [5, 5.41) is 3.35. The molecule has 22 heavy (non-hydrogen) atoms. The summed E-state index contributed by atoms with van der Waals surface area (Å²) >= 11 is 0. The van der Waals surface area contributed by atoms with Gasteiger partial charge in [-0.25, -0.2) is 4.98 Å². The number of benzene rings is 1. The highest BCUT2D eigenvalue weighted by Crippen LogP contribution is 2.25. The minimum atomic E-state index is 0.882. The zero-order chi connectivity index (χ0) is 15.5. The van der Waals surface area contributed by atoms with E-state index in [0.29, 0.717) is 0 Å². The Morgan fingerprint density at radius 3 is 2.45 bits per heavy atom. The van der Waals surface area contributed by atoms with E-state index in [1.807, 2.05) is 6.20 Å². The number of nitrogens with zero attached hydrogens (tertiary/aromatic N) is 2. The van der Waals surface area contributed by atoms with Gasteiger partial charge < -0.3 is 10.2 Å². The monoisotopic (exact) mass is 293 g/mol. The second kappa shape index (κ2) is 6.22. The highest BCUT2D eigenvalue weighted by atomic mass is 15.2. The Labute approximate surface area is 132 Å². The Kier molecular flexibility index (Phi) is 4.14. The first-order chi connectivity index (χ1) is 10.6. The highest BCUT2D eigenvalue weighted by molar-refractivity contribution is 5.75. The van der Waals surface area contributed by atoms with Crippen LogP contribution in [0.1, 0.15) is 29.5 Å². The van der Waals surface area contributed by atoms with Crippen LogP contribution >= 0.6 is 0 Å². The molecule has 0 saturated carbocycles. The van der Waals surface area contributed by atoms with Crippen LogP contribution in [0.4, 0.5) is 11.5 Å². The van der Waals surface area contributed by atoms with Gasteiger partial charge in [0.2, 0.25) is 0 Å². The third kappa shape index (κ3) is 3.14.